The Labute approximate surface area is 315 Å². The zero-order chi connectivity index (χ0) is 39.4. The average molecular weight is 765 g/mol. The van der Waals surface area contributed by atoms with E-state index in [0.29, 0.717) is 59.5 Å². The van der Waals surface area contributed by atoms with Crippen LogP contribution in [0.5, 0.6) is 0 Å². The predicted molar refractivity (Wildman–Crippen MR) is 199 cm³/mol. The highest BCUT2D eigenvalue weighted by molar-refractivity contribution is 6.08. The first-order valence-corrected chi connectivity index (χ1v) is 18.9. The molecule has 2 saturated carbocycles. The van der Waals surface area contributed by atoms with Crippen LogP contribution in [-0.2, 0) is 10.2 Å². The molecule has 55 heavy (non-hydrogen) atoms. The monoisotopic (exact) mass is 764 g/mol. The molecule has 1 aromatic carbocycles. The van der Waals surface area contributed by atoms with Gasteiger partial charge in [0.25, 0.3) is 12.3 Å². The number of benzene rings is 1. The quantitative estimate of drug-likeness (QED) is 0.167. The van der Waals surface area contributed by atoms with Crippen LogP contribution in [0.2, 0.25) is 0 Å². The summed E-state index contributed by atoms with van der Waals surface area (Å²) in [5.41, 5.74) is -0.621. The van der Waals surface area contributed by atoms with E-state index < -0.39 is 46.8 Å². The summed E-state index contributed by atoms with van der Waals surface area (Å²) in [4.78, 5) is 45.5. The van der Waals surface area contributed by atoms with E-state index in [9.17, 15) is 22.8 Å². The molecule has 3 fully saturated rings. The number of anilines is 3. The van der Waals surface area contributed by atoms with Gasteiger partial charge in [-0.15, -0.1) is 0 Å². The second-order valence-corrected chi connectivity index (χ2v) is 16.9. The van der Waals surface area contributed by atoms with Gasteiger partial charge in [-0.25, -0.2) is 31.9 Å². The number of aromatic nitrogens is 4. The number of likely N-dealkylation sites (tertiary alicyclic amines) is 1. The maximum Gasteiger partial charge on any atom is 0.261 e. The molecule has 10 nitrogen and oxygen atoms in total. The van der Waals surface area contributed by atoms with Crippen LogP contribution in [0.1, 0.15) is 101 Å². The molecule has 5 heterocycles. The number of rotatable bonds is 9. The molecule has 2 N–H and O–H groups in total. The Morgan fingerprint density at radius 1 is 1.04 bits per heavy atom. The van der Waals surface area contributed by atoms with Gasteiger partial charge >= 0.3 is 0 Å². The normalized spacial score (nSPS) is 24.4. The van der Waals surface area contributed by atoms with Gasteiger partial charge in [0.2, 0.25) is 5.91 Å². The molecule has 2 amide bonds. The molecule has 1 saturated heterocycles. The summed E-state index contributed by atoms with van der Waals surface area (Å²) in [6.45, 7) is 12.1. The fourth-order valence-corrected chi connectivity index (χ4v) is 8.63. The molecule has 0 radical (unpaired) electrons. The van der Waals surface area contributed by atoms with Gasteiger partial charge in [-0.3, -0.25) is 19.5 Å². The largest absolute Gasteiger partial charge is 0.341 e. The lowest BCUT2D eigenvalue weighted by molar-refractivity contribution is -0.124. The van der Waals surface area contributed by atoms with Crippen molar-refractivity contribution >= 4 is 40.0 Å². The Bertz CT molecular complexity index is 2230. The van der Waals surface area contributed by atoms with Crippen LogP contribution in [0, 0.1) is 18.6 Å². The lowest BCUT2D eigenvalue weighted by Crippen LogP contribution is -2.64. The summed E-state index contributed by atoms with van der Waals surface area (Å²) >= 11 is 0. The molecular formula is C40H45F5N8O2. The van der Waals surface area contributed by atoms with Gasteiger partial charge in [-0.05, 0) is 105 Å². The SMILES string of the molecule is Cc1c(C(=O)NC2(C(F)F)CC2)cc(Nc2nc(-c3cnc4c(c3)N(C3CC(C)(N5CCC[C@H](F)C5)C3)C(=O)C4(C)C)cc3ncn(C(C)C)c23)c(F)c1F. The maximum absolute atomic E-state index is 15.7. The molecule has 0 bridgehead atoms. The summed E-state index contributed by atoms with van der Waals surface area (Å²) in [5, 5.41) is 5.23. The molecule has 2 aliphatic heterocycles. The van der Waals surface area contributed by atoms with Crippen molar-refractivity contribution in [3.05, 3.63) is 59.2 Å². The molecule has 292 valence electrons. The van der Waals surface area contributed by atoms with E-state index in [1.54, 1.807) is 18.6 Å². The fourth-order valence-electron chi connectivity index (χ4n) is 8.63. The second-order valence-electron chi connectivity index (χ2n) is 16.9. The number of carbonyl (C=O) groups is 2. The number of amides is 2. The molecular weight excluding hydrogens is 719 g/mol. The van der Waals surface area contributed by atoms with E-state index in [4.69, 9.17) is 9.97 Å². The van der Waals surface area contributed by atoms with Crippen LogP contribution >= 0.6 is 0 Å². The molecule has 4 aromatic rings. The number of imidazole rings is 1. The first-order valence-electron chi connectivity index (χ1n) is 18.9. The van der Waals surface area contributed by atoms with Crippen molar-refractivity contribution in [2.24, 2.45) is 0 Å². The van der Waals surface area contributed by atoms with Crippen molar-refractivity contribution in [3.63, 3.8) is 0 Å². The van der Waals surface area contributed by atoms with Gasteiger partial charge in [0.1, 0.15) is 17.2 Å². The number of nitrogens with zero attached hydrogens (tertiary/aromatic N) is 6. The Kier molecular flexibility index (Phi) is 8.78. The first kappa shape index (κ1) is 37.3. The Balaban J connectivity index is 1.16. The molecule has 2 aliphatic carbocycles. The Morgan fingerprint density at radius 3 is 2.42 bits per heavy atom. The maximum atomic E-state index is 15.7. The van der Waals surface area contributed by atoms with Crippen LogP contribution < -0.4 is 15.5 Å². The third-order valence-electron chi connectivity index (χ3n) is 12.2. The van der Waals surface area contributed by atoms with Crippen molar-refractivity contribution in [2.75, 3.05) is 23.3 Å². The molecule has 0 spiro atoms. The van der Waals surface area contributed by atoms with E-state index in [1.165, 1.54) is 6.92 Å². The van der Waals surface area contributed by atoms with Gasteiger partial charge in [0.05, 0.1) is 40.0 Å². The van der Waals surface area contributed by atoms with Gasteiger partial charge < -0.3 is 20.1 Å². The molecule has 1 atom stereocenters. The number of hydrogen-bond donors (Lipinski definition) is 2. The number of nitrogens with one attached hydrogen (secondary N) is 2. The van der Waals surface area contributed by atoms with Gasteiger partial charge in [0, 0.05) is 47.1 Å². The molecule has 15 heteroatoms. The van der Waals surface area contributed by atoms with Crippen LogP contribution in [0.25, 0.3) is 22.3 Å². The highest BCUT2D eigenvalue weighted by atomic mass is 19.3. The summed E-state index contributed by atoms with van der Waals surface area (Å²) < 4.78 is 74.6. The van der Waals surface area contributed by atoms with Crippen LogP contribution in [0.15, 0.2) is 30.7 Å². The molecule has 0 unspecified atom stereocenters. The Morgan fingerprint density at radius 2 is 1.76 bits per heavy atom. The van der Waals surface area contributed by atoms with Crippen molar-refractivity contribution in [1.29, 1.82) is 0 Å². The smallest absolute Gasteiger partial charge is 0.261 e. The van der Waals surface area contributed by atoms with Crippen molar-refractivity contribution in [2.45, 2.75) is 121 Å². The zero-order valence-electron chi connectivity index (χ0n) is 31.7. The lowest BCUT2D eigenvalue weighted by atomic mass is 9.71. The number of carbonyl (C=O) groups excluding carboxylic acids is 2. The predicted octanol–water partition coefficient (Wildman–Crippen LogP) is 7.91. The number of halogens is 5. The number of alkyl halides is 3. The van der Waals surface area contributed by atoms with Gasteiger partial charge in [-0.2, -0.15) is 0 Å². The fraction of sp³-hybridized carbons (Fsp3) is 0.525. The summed E-state index contributed by atoms with van der Waals surface area (Å²) in [6.07, 6.45) is 2.51. The van der Waals surface area contributed by atoms with Crippen LogP contribution in [-0.4, -0.2) is 79.0 Å². The van der Waals surface area contributed by atoms with E-state index in [1.807, 2.05) is 43.2 Å². The van der Waals surface area contributed by atoms with Gasteiger partial charge in [0.15, 0.2) is 17.5 Å². The van der Waals surface area contributed by atoms with Crippen molar-refractivity contribution < 1.29 is 31.5 Å². The van der Waals surface area contributed by atoms with E-state index >= 15 is 8.78 Å². The minimum absolute atomic E-state index is 0.0690. The van der Waals surface area contributed by atoms with E-state index in [2.05, 4.69) is 27.4 Å². The average Bonchev–Trinajstić information content (AvgIpc) is 3.73. The molecule has 3 aromatic heterocycles. The summed E-state index contributed by atoms with van der Waals surface area (Å²) in [7, 11) is 0. The summed E-state index contributed by atoms with van der Waals surface area (Å²) in [5.74, 6) is -3.46. The highest BCUT2D eigenvalue weighted by Gasteiger charge is 2.55. The van der Waals surface area contributed by atoms with E-state index in [0.717, 1.165) is 19.0 Å². The van der Waals surface area contributed by atoms with Crippen molar-refractivity contribution in [3.8, 4) is 11.3 Å². The van der Waals surface area contributed by atoms with Crippen molar-refractivity contribution in [1.82, 2.24) is 29.7 Å². The topological polar surface area (TPSA) is 108 Å². The third kappa shape index (κ3) is 6.04. The first-order chi connectivity index (χ1) is 25.9. The van der Waals surface area contributed by atoms with Crippen LogP contribution in [0.4, 0.5) is 39.1 Å². The molecule has 8 rings (SSSR count). The minimum Gasteiger partial charge on any atom is -0.341 e. The van der Waals surface area contributed by atoms with Gasteiger partial charge in [-0.1, -0.05) is 0 Å². The number of pyridine rings is 2. The summed E-state index contributed by atoms with van der Waals surface area (Å²) in [6, 6.07) is 4.51. The number of fused-ring (bicyclic) bond motifs is 2. The Hall–Kier alpha value is -4.66. The highest BCUT2D eigenvalue weighted by Crippen LogP contribution is 2.50. The minimum atomic E-state index is -2.81. The number of piperidine rings is 1. The standard InChI is InChI=1S/C40H45F5N8O2/c1-20(2)52-19-47-28-14-26(48-34(32(28)52)49-27-13-25(21(3)30(42)31(27)43)35(54)50-40(9-10-40)36(44)45)22-12-29-33(46-17-22)38(4,5)37(55)53(29)24-15-39(6,16-24)51-11-7-8-23(41)18-51/h12-14,17,19-20,23-24,36H,7-11,15-16,18H2,1-6H3,(H,48,49)(H,50,54)/t23-,24?,39?/m0/s1. The lowest BCUT2D eigenvalue weighted by Gasteiger charge is -2.56. The van der Waals surface area contributed by atoms with Crippen LogP contribution in [0.3, 0.4) is 0 Å². The number of hydrogen-bond acceptors (Lipinski definition) is 7. The van der Waals surface area contributed by atoms with E-state index in [-0.39, 0.29) is 53.3 Å². The third-order valence-corrected chi connectivity index (χ3v) is 12.2. The molecule has 4 aliphatic rings. The zero-order valence-corrected chi connectivity index (χ0v) is 31.7. The second kappa shape index (κ2) is 13.0.